The number of aryl methyl sites for hydroxylation is 1. The molecule has 0 radical (unpaired) electrons. The maximum absolute atomic E-state index is 12.9. The molecule has 0 bridgehead atoms. The van der Waals surface area contributed by atoms with Gasteiger partial charge in [0.05, 0.1) is 0 Å². The summed E-state index contributed by atoms with van der Waals surface area (Å²) >= 11 is 0. The van der Waals surface area contributed by atoms with Crippen molar-refractivity contribution in [1.82, 2.24) is 0 Å². The van der Waals surface area contributed by atoms with Crippen LogP contribution in [0, 0.1) is 5.92 Å². The van der Waals surface area contributed by atoms with E-state index in [0.717, 1.165) is 11.1 Å². The quantitative estimate of drug-likeness (QED) is 0.513. The van der Waals surface area contributed by atoms with Gasteiger partial charge in [-0.3, -0.25) is 4.79 Å². The molecule has 0 amide bonds. The summed E-state index contributed by atoms with van der Waals surface area (Å²) in [5.41, 5.74) is 3.22. The van der Waals surface area contributed by atoms with Crippen LogP contribution in [-0.4, -0.2) is 23.0 Å². The van der Waals surface area contributed by atoms with E-state index in [1.54, 1.807) is 6.92 Å². The second kappa shape index (κ2) is 8.86. The number of aliphatic hydroxyl groups is 1. The van der Waals surface area contributed by atoms with Crippen LogP contribution in [0.4, 0.5) is 0 Å². The normalized spacial score (nSPS) is 17.7. The molecule has 1 unspecified atom stereocenters. The molecular formula is C26H30O4. The van der Waals surface area contributed by atoms with E-state index < -0.39 is 18.0 Å². The molecular weight excluding hydrogens is 376 g/mol. The SMILES string of the molecule is C[C@@H](Cc1ccc(C(C)(C)C)cc1)C(=O)C1=C(O)C(CCc2ccccc2)OC1=O. The van der Waals surface area contributed by atoms with E-state index in [4.69, 9.17) is 4.74 Å². The van der Waals surface area contributed by atoms with Crippen LogP contribution in [0.2, 0.25) is 0 Å². The van der Waals surface area contributed by atoms with Gasteiger partial charge < -0.3 is 9.84 Å². The van der Waals surface area contributed by atoms with Crippen LogP contribution in [0.15, 0.2) is 65.9 Å². The molecule has 4 heteroatoms. The lowest BCUT2D eigenvalue weighted by molar-refractivity contribution is -0.141. The largest absolute Gasteiger partial charge is 0.507 e. The van der Waals surface area contributed by atoms with Gasteiger partial charge in [0.25, 0.3) is 0 Å². The maximum Gasteiger partial charge on any atom is 0.346 e. The second-order valence-electron chi connectivity index (χ2n) is 9.09. The summed E-state index contributed by atoms with van der Waals surface area (Å²) in [5, 5.41) is 10.5. The predicted octanol–water partition coefficient (Wildman–Crippen LogP) is 5.10. The monoisotopic (exact) mass is 406 g/mol. The molecule has 0 spiro atoms. The van der Waals surface area contributed by atoms with Crippen LogP contribution >= 0.6 is 0 Å². The van der Waals surface area contributed by atoms with Gasteiger partial charge in [0.15, 0.2) is 17.6 Å². The zero-order valence-corrected chi connectivity index (χ0v) is 18.1. The number of carbonyl (C=O) groups is 2. The fourth-order valence-electron chi connectivity index (χ4n) is 3.71. The molecule has 4 nitrogen and oxygen atoms in total. The third-order valence-electron chi connectivity index (χ3n) is 5.61. The first-order chi connectivity index (χ1) is 14.2. The number of hydrogen-bond acceptors (Lipinski definition) is 4. The predicted molar refractivity (Wildman–Crippen MR) is 117 cm³/mol. The number of ketones is 1. The highest BCUT2D eigenvalue weighted by atomic mass is 16.6. The highest BCUT2D eigenvalue weighted by Gasteiger charge is 2.39. The fourth-order valence-corrected chi connectivity index (χ4v) is 3.71. The third-order valence-corrected chi connectivity index (χ3v) is 5.61. The van der Waals surface area contributed by atoms with Crippen LogP contribution in [0.5, 0.6) is 0 Å². The number of rotatable bonds is 7. The average molecular weight is 407 g/mol. The molecule has 2 atom stereocenters. The first kappa shape index (κ1) is 21.8. The molecule has 0 saturated heterocycles. The number of Topliss-reactive ketones (excluding diaryl/α,β-unsaturated/α-hetero) is 1. The number of ether oxygens (including phenoxy) is 1. The zero-order chi connectivity index (χ0) is 21.9. The summed E-state index contributed by atoms with van der Waals surface area (Å²) in [6.45, 7) is 8.25. The Morgan fingerprint density at radius 1 is 1.03 bits per heavy atom. The van der Waals surface area contributed by atoms with Gasteiger partial charge in [-0.05, 0) is 41.4 Å². The Morgan fingerprint density at radius 2 is 1.67 bits per heavy atom. The van der Waals surface area contributed by atoms with Crippen molar-refractivity contribution in [2.24, 2.45) is 5.92 Å². The van der Waals surface area contributed by atoms with Crippen molar-refractivity contribution < 1.29 is 19.4 Å². The van der Waals surface area contributed by atoms with Crippen LogP contribution in [-0.2, 0) is 32.6 Å². The van der Waals surface area contributed by atoms with Gasteiger partial charge in [-0.1, -0.05) is 82.3 Å². The molecule has 1 heterocycles. The Hall–Kier alpha value is -2.88. The van der Waals surface area contributed by atoms with Crippen molar-refractivity contribution >= 4 is 11.8 Å². The topological polar surface area (TPSA) is 63.6 Å². The van der Waals surface area contributed by atoms with Gasteiger partial charge in [-0.15, -0.1) is 0 Å². The Kier molecular flexibility index (Phi) is 6.45. The Bertz CT molecular complexity index is 933. The van der Waals surface area contributed by atoms with Gasteiger partial charge in [-0.25, -0.2) is 4.79 Å². The lowest BCUT2D eigenvalue weighted by Gasteiger charge is -2.19. The highest BCUT2D eigenvalue weighted by molar-refractivity contribution is 6.19. The first-order valence-electron chi connectivity index (χ1n) is 10.5. The summed E-state index contributed by atoms with van der Waals surface area (Å²) in [5.74, 6) is -1.73. The van der Waals surface area contributed by atoms with E-state index in [2.05, 4.69) is 32.9 Å². The van der Waals surface area contributed by atoms with Crippen molar-refractivity contribution in [3.05, 3.63) is 82.6 Å². The molecule has 2 aromatic carbocycles. The van der Waals surface area contributed by atoms with E-state index in [1.165, 1.54) is 5.56 Å². The van der Waals surface area contributed by atoms with E-state index >= 15 is 0 Å². The summed E-state index contributed by atoms with van der Waals surface area (Å²) < 4.78 is 5.30. The average Bonchev–Trinajstić information content (AvgIpc) is 2.99. The van der Waals surface area contributed by atoms with E-state index in [0.29, 0.717) is 19.3 Å². The second-order valence-corrected chi connectivity index (χ2v) is 9.09. The van der Waals surface area contributed by atoms with Crippen LogP contribution < -0.4 is 0 Å². The molecule has 1 aliphatic heterocycles. The van der Waals surface area contributed by atoms with E-state index in [9.17, 15) is 14.7 Å². The summed E-state index contributed by atoms with van der Waals surface area (Å²) in [4.78, 5) is 25.2. The minimum Gasteiger partial charge on any atom is -0.507 e. The van der Waals surface area contributed by atoms with Crippen LogP contribution in [0.1, 0.15) is 50.8 Å². The molecule has 1 aliphatic rings. The number of hydrogen-bond donors (Lipinski definition) is 1. The number of carbonyl (C=O) groups excluding carboxylic acids is 2. The molecule has 0 saturated carbocycles. The molecule has 0 aromatic heterocycles. The van der Waals surface area contributed by atoms with E-state index in [-0.39, 0.29) is 22.5 Å². The minimum absolute atomic E-state index is 0.0684. The standard InChI is InChI=1S/C26H30O4/c1-17(16-19-10-13-20(14-11-19)26(2,3)4)23(27)22-24(28)21(30-25(22)29)15-12-18-8-6-5-7-9-18/h5-11,13-14,17,21,28H,12,15-16H2,1-4H3/t17-,21?/m0/s1. The molecule has 2 aromatic rings. The molecule has 0 aliphatic carbocycles. The molecule has 0 fully saturated rings. The molecule has 158 valence electrons. The Balaban J connectivity index is 1.66. The van der Waals surface area contributed by atoms with Crippen molar-refractivity contribution in [1.29, 1.82) is 0 Å². The summed E-state index contributed by atoms with van der Waals surface area (Å²) in [6, 6.07) is 18.0. The van der Waals surface area contributed by atoms with Crippen molar-refractivity contribution in [2.45, 2.75) is 58.5 Å². The number of cyclic esters (lactones) is 1. The van der Waals surface area contributed by atoms with Crippen LogP contribution in [0.25, 0.3) is 0 Å². The lowest BCUT2D eigenvalue weighted by Crippen LogP contribution is -2.20. The highest BCUT2D eigenvalue weighted by Crippen LogP contribution is 2.28. The van der Waals surface area contributed by atoms with Crippen molar-refractivity contribution in [3.63, 3.8) is 0 Å². The lowest BCUT2D eigenvalue weighted by atomic mass is 9.85. The minimum atomic E-state index is -0.755. The third kappa shape index (κ3) is 4.99. The molecule has 3 rings (SSSR count). The molecule has 1 N–H and O–H groups in total. The Labute approximate surface area is 178 Å². The number of esters is 1. The fraction of sp³-hybridized carbons (Fsp3) is 0.385. The Morgan fingerprint density at radius 3 is 2.27 bits per heavy atom. The zero-order valence-electron chi connectivity index (χ0n) is 18.1. The van der Waals surface area contributed by atoms with Gasteiger partial charge in [0.1, 0.15) is 5.57 Å². The first-order valence-corrected chi connectivity index (χ1v) is 10.5. The number of benzene rings is 2. The van der Waals surface area contributed by atoms with Crippen molar-refractivity contribution in [2.75, 3.05) is 0 Å². The van der Waals surface area contributed by atoms with Gasteiger partial charge in [0, 0.05) is 5.92 Å². The molecule has 30 heavy (non-hydrogen) atoms. The van der Waals surface area contributed by atoms with Crippen LogP contribution in [0.3, 0.4) is 0 Å². The maximum atomic E-state index is 12.9. The smallest absolute Gasteiger partial charge is 0.346 e. The number of aliphatic hydroxyl groups excluding tert-OH is 1. The summed E-state index contributed by atoms with van der Waals surface area (Å²) in [7, 11) is 0. The summed E-state index contributed by atoms with van der Waals surface area (Å²) in [6.07, 6.45) is 0.846. The van der Waals surface area contributed by atoms with Gasteiger partial charge in [-0.2, -0.15) is 0 Å². The van der Waals surface area contributed by atoms with Gasteiger partial charge in [0.2, 0.25) is 0 Å². The van der Waals surface area contributed by atoms with E-state index in [1.807, 2.05) is 42.5 Å². The van der Waals surface area contributed by atoms with Gasteiger partial charge >= 0.3 is 5.97 Å². The van der Waals surface area contributed by atoms with Crippen molar-refractivity contribution in [3.8, 4) is 0 Å².